The Morgan fingerprint density at radius 1 is 0.970 bits per heavy atom. The van der Waals surface area contributed by atoms with Gasteiger partial charge in [-0.05, 0) is 61.4 Å². The zero-order valence-corrected chi connectivity index (χ0v) is 18.0. The number of pyridine rings is 1. The summed E-state index contributed by atoms with van der Waals surface area (Å²) in [5.41, 5.74) is 0.112. The Morgan fingerprint density at radius 2 is 1.82 bits per heavy atom. The van der Waals surface area contributed by atoms with Gasteiger partial charge in [0.25, 0.3) is 5.56 Å². The average molecular weight is 467 g/mol. The first kappa shape index (κ1) is 21.2. The molecule has 0 aliphatic carbocycles. The second kappa shape index (κ2) is 8.37. The third-order valence-corrected chi connectivity index (χ3v) is 5.82. The van der Waals surface area contributed by atoms with Gasteiger partial charge in [0.2, 0.25) is 5.91 Å². The van der Waals surface area contributed by atoms with Crippen molar-refractivity contribution in [1.29, 1.82) is 0 Å². The number of halogens is 3. The topological polar surface area (TPSA) is 68.1 Å². The van der Waals surface area contributed by atoms with E-state index in [0.717, 1.165) is 23.5 Å². The fraction of sp³-hybridized carbons (Fsp3) is 0.167. The molecule has 1 fully saturated rings. The molecule has 0 bridgehead atoms. The molecule has 6 nitrogen and oxygen atoms in total. The Bertz CT molecular complexity index is 1450. The predicted molar refractivity (Wildman–Crippen MR) is 122 cm³/mol. The first-order valence-corrected chi connectivity index (χ1v) is 10.7. The van der Waals surface area contributed by atoms with Crippen molar-refractivity contribution in [1.82, 2.24) is 14.5 Å². The maximum Gasteiger partial charge on any atom is 0.267 e. The standard InChI is InChI=1S/C24H17ClF2N4O2/c25-14-4-9-21(28-13-14)31-23(29-20-8-5-15(26)11-18(20)24(31)33)17-7-6-16(12-19(17)27)30-10-2-1-3-22(30)32/h4-9,11-13H,1-3,10H2. The van der Waals surface area contributed by atoms with Crippen LogP contribution in [0.1, 0.15) is 19.3 Å². The summed E-state index contributed by atoms with van der Waals surface area (Å²) in [6, 6.07) is 11.1. The smallest absolute Gasteiger partial charge is 0.267 e. The lowest BCUT2D eigenvalue weighted by Crippen LogP contribution is -2.35. The third kappa shape index (κ3) is 3.87. The molecule has 0 radical (unpaired) electrons. The van der Waals surface area contributed by atoms with Crippen LogP contribution in [0.2, 0.25) is 5.02 Å². The number of hydrogen-bond donors (Lipinski definition) is 0. The maximum absolute atomic E-state index is 15.4. The normalized spacial score (nSPS) is 14.2. The molecule has 0 spiro atoms. The summed E-state index contributed by atoms with van der Waals surface area (Å²) >= 11 is 5.93. The van der Waals surface area contributed by atoms with Gasteiger partial charge in [-0.2, -0.15) is 0 Å². The van der Waals surface area contributed by atoms with Crippen LogP contribution in [-0.4, -0.2) is 27.0 Å². The number of nitrogens with zero attached hydrogens (tertiary/aromatic N) is 4. The van der Waals surface area contributed by atoms with Gasteiger partial charge in [-0.3, -0.25) is 9.59 Å². The van der Waals surface area contributed by atoms with Gasteiger partial charge in [0.15, 0.2) is 5.82 Å². The number of carbonyl (C=O) groups is 1. The van der Waals surface area contributed by atoms with E-state index in [0.29, 0.717) is 23.7 Å². The molecule has 3 heterocycles. The summed E-state index contributed by atoms with van der Waals surface area (Å²) < 4.78 is 30.3. The van der Waals surface area contributed by atoms with E-state index >= 15 is 4.39 Å². The van der Waals surface area contributed by atoms with E-state index < -0.39 is 17.2 Å². The number of carbonyl (C=O) groups excluding carboxylic acids is 1. The first-order chi connectivity index (χ1) is 15.9. The molecule has 5 rings (SSSR count). The summed E-state index contributed by atoms with van der Waals surface area (Å²) in [4.78, 5) is 35.8. The molecule has 4 aromatic rings. The minimum atomic E-state index is -0.651. The lowest BCUT2D eigenvalue weighted by Gasteiger charge is -2.27. The Labute approximate surface area is 192 Å². The molecule has 0 atom stereocenters. The fourth-order valence-electron chi connectivity index (χ4n) is 3.98. The number of piperidine rings is 1. The second-order valence-electron chi connectivity index (χ2n) is 7.74. The SMILES string of the molecule is O=C1CCCCN1c1ccc(-c2nc3ccc(F)cc3c(=O)n2-c2ccc(Cl)cn2)c(F)c1. The van der Waals surface area contributed by atoms with Crippen LogP contribution < -0.4 is 10.5 Å². The highest BCUT2D eigenvalue weighted by Gasteiger charge is 2.23. The Kier molecular flexibility index (Phi) is 5.38. The van der Waals surface area contributed by atoms with Gasteiger partial charge >= 0.3 is 0 Å². The van der Waals surface area contributed by atoms with Gasteiger partial charge in [-0.25, -0.2) is 23.3 Å². The van der Waals surface area contributed by atoms with E-state index in [1.165, 1.54) is 42.6 Å². The van der Waals surface area contributed by atoms with E-state index in [9.17, 15) is 14.0 Å². The minimum Gasteiger partial charge on any atom is -0.312 e. The molecule has 0 saturated carbocycles. The van der Waals surface area contributed by atoms with Crippen LogP contribution in [-0.2, 0) is 4.79 Å². The molecule has 1 aliphatic heterocycles. The van der Waals surface area contributed by atoms with Crippen LogP contribution in [0, 0.1) is 11.6 Å². The number of fused-ring (bicyclic) bond motifs is 1. The summed E-state index contributed by atoms with van der Waals surface area (Å²) in [5, 5.41) is 0.390. The number of benzene rings is 2. The van der Waals surface area contributed by atoms with E-state index in [-0.39, 0.29) is 34.0 Å². The number of aromatic nitrogens is 3. The van der Waals surface area contributed by atoms with Crippen LogP contribution in [0.4, 0.5) is 14.5 Å². The predicted octanol–water partition coefficient (Wildman–Crippen LogP) is 4.90. The molecular formula is C24H17ClF2N4O2. The van der Waals surface area contributed by atoms with Crippen LogP contribution in [0.3, 0.4) is 0 Å². The van der Waals surface area contributed by atoms with Crippen molar-refractivity contribution in [3.63, 3.8) is 0 Å². The zero-order valence-electron chi connectivity index (χ0n) is 17.3. The number of hydrogen-bond acceptors (Lipinski definition) is 4. The molecular weight excluding hydrogens is 450 g/mol. The number of rotatable bonds is 3. The van der Waals surface area contributed by atoms with Crippen molar-refractivity contribution in [2.75, 3.05) is 11.4 Å². The molecule has 2 aromatic carbocycles. The van der Waals surface area contributed by atoms with Crippen molar-refractivity contribution in [2.24, 2.45) is 0 Å². The Morgan fingerprint density at radius 3 is 2.55 bits per heavy atom. The lowest BCUT2D eigenvalue weighted by molar-refractivity contribution is -0.119. The van der Waals surface area contributed by atoms with Crippen LogP contribution in [0.25, 0.3) is 28.1 Å². The summed E-state index contributed by atoms with van der Waals surface area (Å²) in [6.45, 7) is 0.525. The van der Waals surface area contributed by atoms with Gasteiger partial charge in [0.05, 0.1) is 21.5 Å². The summed E-state index contributed by atoms with van der Waals surface area (Å²) in [6.07, 6.45) is 3.44. The highest BCUT2D eigenvalue weighted by Crippen LogP contribution is 2.29. The van der Waals surface area contributed by atoms with Crippen molar-refractivity contribution in [3.8, 4) is 17.2 Å². The van der Waals surface area contributed by atoms with Crippen LogP contribution >= 0.6 is 11.6 Å². The highest BCUT2D eigenvalue weighted by atomic mass is 35.5. The number of anilines is 1. The zero-order chi connectivity index (χ0) is 23.1. The van der Waals surface area contributed by atoms with E-state index in [2.05, 4.69) is 9.97 Å². The Hall–Kier alpha value is -3.65. The first-order valence-electron chi connectivity index (χ1n) is 10.4. The Balaban J connectivity index is 1.72. The minimum absolute atomic E-state index is 0.00273. The van der Waals surface area contributed by atoms with E-state index in [4.69, 9.17) is 11.6 Å². The van der Waals surface area contributed by atoms with Gasteiger partial charge in [0.1, 0.15) is 17.5 Å². The molecule has 1 aliphatic rings. The summed E-state index contributed by atoms with van der Waals surface area (Å²) in [7, 11) is 0. The largest absolute Gasteiger partial charge is 0.312 e. The van der Waals surface area contributed by atoms with Gasteiger partial charge in [0, 0.05) is 24.8 Å². The van der Waals surface area contributed by atoms with E-state index in [1.807, 2.05) is 0 Å². The van der Waals surface area contributed by atoms with Gasteiger partial charge < -0.3 is 4.90 Å². The lowest BCUT2D eigenvalue weighted by atomic mass is 10.1. The number of amides is 1. The van der Waals surface area contributed by atoms with Gasteiger partial charge in [-0.15, -0.1) is 0 Å². The summed E-state index contributed by atoms with van der Waals surface area (Å²) in [5.74, 6) is -1.13. The highest BCUT2D eigenvalue weighted by molar-refractivity contribution is 6.30. The van der Waals surface area contributed by atoms with Crippen molar-refractivity contribution in [3.05, 3.63) is 81.7 Å². The quantitative estimate of drug-likeness (QED) is 0.431. The molecule has 1 saturated heterocycles. The van der Waals surface area contributed by atoms with E-state index in [1.54, 1.807) is 11.0 Å². The molecule has 166 valence electrons. The van der Waals surface area contributed by atoms with Gasteiger partial charge in [-0.1, -0.05) is 11.6 Å². The average Bonchev–Trinajstić information content (AvgIpc) is 2.80. The van der Waals surface area contributed by atoms with Crippen LogP contribution in [0.15, 0.2) is 59.5 Å². The van der Waals surface area contributed by atoms with Crippen molar-refractivity contribution in [2.45, 2.75) is 19.3 Å². The molecule has 0 unspecified atom stereocenters. The van der Waals surface area contributed by atoms with Crippen molar-refractivity contribution >= 4 is 34.1 Å². The molecule has 9 heteroatoms. The molecule has 1 amide bonds. The molecule has 2 aromatic heterocycles. The fourth-order valence-corrected chi connectivity index (χ4v) is 4.10. The third-order valence-electron chi connectivity index (χ3n) is 5.60. The maximum atomic E-state index is 15.4. The molecule has 33 heavy (non-hydrogen) atoms. The van der Waals surface area contributed by atoms with Crippen LogP contribution in [0.5, 0.6) is 0 Å². The monoisotopic (exact) mass is 466 g/mol. The molecule has 0 N–H and O–H groups in total. The second-order valence-corrected chi connectivity index (χ2v) is 8.18. The van der Waals surface area contributed by atoms with Crippen molar-refractivity contribution < 1.29 is 13.6 Å².